The average Bonchev–Trinajstić information content (AvgIpc) is 3.16. The predicted molar refractivity (Wildman–Crippen MR) is 92.8 cm³/mol. The molecule has 2 heterocycles. The number of halogens is 1. The summed E-state index contributed by atoms with van der Waals surface area (Å²) in [6, 6.07) is 10.6. The van der Waals surface area contributed by atoms with E-state index in [1.165, 1.54) is 6.39 Å². The van der Waals surface area contributed by atoms with Gasteiger partial charge >= 0.3 is 0 Å². The average molecular weight is 402 g/mol. The van der Waals surface area contributed by atoms with Crippen LogP contribution in [0.4, 0.5) is 5.69 Å². The number of benzene rings is 2. The maximum Gasteiger partial charge on any atom is 0.256 e. The zero-order chi connectivity index (χ0) is 17.2. The van der Waals surface area contributed by atoms with Gasteiger partial charge in [0.25, 0.3) is 5.91 Å². The largest absolute Gasteiger partial charge is 0.486 e. The molecule has 0 bridgehead atoms. The van der Waals surface area contributed by atoms with Gasteiger partial charge in [0.2, 0.25) is 12.3 Å². The van der Waals surface area contributed by atoms with Crippen LogP contribution in [-0.2, 0) is 0 Å². The quantitative estimate of drug-likeness (QED) is 0.722. The summed E-state index contributed by atoms with van der Waals surface area (Å²) in [5.41, 5.74) is 1.78. The second kappa shape index (κ2) is 6.56. The lowest BCUT2D eigenvalue weighted by Crippen LogP contribution is -2.17. The second-order valence-electron chi connectivity index (χ2n) is 5.25. The van der Waals surface area contributed by atoms with E-state index in [2.05, 4.69) is 31.4 Å². The first-order valence-corrected chi connectivity index (χ1v) is 8.27. The number of ether oxygens (including phenoxy) is 2. The lowest BCUT2D eigenvalue weighted by molar-refractivity contribution is 0.102. The summed E-state index contributed by atoms with van der Waals surface area (Å²) in [6.07, 6.45) is 1.26. The summed E-state index contributed by atoms with van der Waals surface area (Å²) >= 11 is 3.41. The highest BCUT2D eigenvalue weighted by molar-refractivity contribution is 9.10. The van der Waals surface area contributed by atoms with E-state index in [-0.39, 0.29) is 5.91 Å². The van der Waals surface area contributed by atoms with Crippen molar-refractivity contribution < 1.29 is 18.7 Å². The van der Waals surface area contributed by atoms with Gasteiger partial charge in [0.05, 0.1) is 5.56 Å². The van der Waals surface area contributed by atoms with E-state index in [0.29, 0.717) is 46.3 Å². The Kier molecular flexibility index (Phi) is 4.10. The summed E-state index contributed by atoms with van der Waals surface area (Å²) < 4.78 is 16.8. The smallest absolute Gasteiger partial charge is 0.256 e. The molecular formula is C17H12BrN3O4. The van der Waals surface area contributed by atoms with Crippen LogP contribution in [0.15, 0.2) is 51.7 Å². The van der Waals surface area contributed by atoms with Crippen molar-refractivity contribution >= 4 is 27.5 Å². The summed E-state index contributed by atoms with van der Waals surface area (Å²) in [7, 11) is 0. The van der Waals surface area contributed by atoms with Gasteiger partial charge in [-0.05, 0) is 46.3 Å². The lowest BCUT2D eigenvalue weighted by Gasteiger charge is -2.19. The fourth-order valence-electron chi connectivity index (χ4n) is 2.47. The van der Waals surface area contributed by atoms with Crippen molar-refractivity contribution in [3.63, 3.8) is 0 Å². The third-order valence-electron chi connectivity index (χ3n) is 3.60. The molecule has 1 aliphatic heterocycles. The van der Waals surface area contributed by atoms with Gasteiger partial charge in [-0.3, -0.25) is 4.79 Å². The molecule has 3 aromatic rings. The van der Waals surface area contributed by atoms with Crippen LogP contribution in [0.1, 0.15) is 10.4 Å². The van der Waals surface area contributed by atoms with E-state index in [9.17, 15) is 4.79 Å². The van der Waals surface area contributed by atoms with Crippen molar-refractivity contribution in [2.75, 3.05) is 18.5 Å². The van der Waals surface area contributed by atoms with E-state index < -0.39 is 0 Å². The molecule has 0 unspecified atom stereocenters. The van der Waals surface area contributed by atoms with E-state index >= 15 is 0 Å². The second-order valence-corrected chi connectivity index (χ2v) is 6.11. The maximum atomic E-state index is 12.6. The molecule has 8 heteroatoms. The molecule has 0 radical (unpaired) electrons. The molecule has 0 spiro atoms. The molecule has 1 N–H and O–H groups in total. The first kappa shape index (κ1) is 15.6. The fraction of sp³-hybridized carbons (Fsp3) is 0.118. The van der Waals surface area contributed by atoms with Crippen LogP contribution < -0.4 is 14.8 Å². The monoisotopic (exact) mass is 401 g/mol. The molecule has 0 fully saturated rings. The maximum absolute atomic E-state index is 12.6. The molecule has 1 amide bonds. The summed E-state index contributed by atoms with van der Waals surface area (Å²) in [5, 5.41) is 10.4. The molecule has 1 aliphatic rings. The third kappa shape index (κ3) is 3.20. The number of carbonyl (C=O) groups excluding carboxylic acids is 1. The van der Waals surface area contributed by atoms with Crippen LogP contribution in [0.25, 0.3) is 11.5 Å². The highest BCUT2D eigenvalue weighted by atomic mass is 79.9. The van der Waals surface area contributed by atoms with Gasteiger partial charge in [-0.15, -0.1) is 10.2 Å². The van der Waals surface area contributed by atoms with E-state index in [0.717, 1.165) is 5.56 Å². The van der Waals surface area contributed by atoms with Crippen LogP contribution in [0.5, 0.6) is 11.5 Å². The molecule has 0 atom stereocenters. The number of hydrogen-bond donors (Lipinski definition) is 1. The Morgan fingerprint density at radius 2 is 1.92 bits per heavy atom. The Bertz CT molecular complexity index is 928. The van der Waals surface area contributed by atoms with Crippen LogP contribution in [-0.4, -0.2) is 29.3 Å². The number of carbonyl (C=O) groups is 1. The first-order valence-electron chi connectivity index (χ1n) is 7.48. The van der Waals surface area contributed by atoms with Crippen LogP contribution >= 0.6 is 15.9 Å². The van der Waals surface area contributed by atoms with Crippen molar-refractivity contribution in [2.24, 2.45) is 0 Å². The Morgan fingerprint density at radius 1 is 1.12 bits per heavy atom. The number of nitrogens with one attached hydrogen (secondary N) is 1. The summed E-state index contributed by atoms with van der Waals surface area (Å²) in [5.74, 6) is 1.29. The van der Waals surface area contributed by atoms with E-state index in [1.807, 2.05) is 6.07 Å². The number of anilines is 1. The van der Waals surface area contributed by atoms with E-state index in [4.69, 9.17) is 13.9 Å². The topological polar surface area (TPSA) is 86.5 Å². The first-order chi connectivity index (χ1) is 12.2. The SMILES string of the molecule is O=C(Nc1cccc(-c2nnco2)c1)c1cc2c(cc1Br)OCCO2. The highest BCUT2D eigenvalue weighted by Crippen LogP contribution is 2.35. The Morgan fingerprint density at radius 3 is 2.68 bits per heavy atom. The van der Waals surface area contributed by atoms with Gasteiger partial charge in [-0.25, -0.2) is 0 Å². The molecule has 4 rings (SSSR count). The van der Waals surface area contributed by atoms with Crippen LogP contribution in [0, 0.1) is 0 Å². The zero-order valence-corrected chi connectivity index (χ0v) is 14.4. The van der Waals surface area contributed by atoms with Gasteiger partial charge in [0.1, 0.15) is 13.2 Å². The number of nitrogens with zero attached hydrogens (tertiary/aromatic N) is 2. The van der Waals surface area contributed by atoms with Gasteiger partial charge in [-0.1, -0.05) is 6.07 Å². The molecule has 7 nitrogen and oxygen atoms in total. The van der Waals surface area contributed by atoms with Crippen molar-refractivity contribution in [1.29, 1.82) is 0 Å². The van der Waals surface area contributed by atoms with Gasteiger partial charge in [0.15, 0.2) is 11.5 Å². The van der Waals surface area contributed by atoms with Crippen LogP contribution in [0.2, 0.25) is 0 Å². The zero-order valence-electron chi connectivity index (χ0n) is 12.9. The van der Waals surface area contributed by atoms with Gasteiger partial charge in [-0.2, -0.15) is 0 Å². The summed E-state index contributed by atoms with van der Waals surface area (Å²) in [4.78, 5) is 12.6. The van der Waals surface area contributed by atoms with E-state index in [1.54, 1.807) is 30.3 Å². The van der Waals surface area contributed by atoms with Crippen molar-refractivity contribution in [2.45, 2.75) is 0 Å². The molecule has 0 saturated heterocycles. The molecule has 2 aromatic carbocycles. The minimum absolute atomic E-state index is 0.272. The lowest BCUT2D eigenvalue weighted by atomic mass is 10.1. The number of amides is 1. The highest BCUT2D eigenvalue weighted by Gasteiger charge is 2.19. The van der Waals surface area contributed by atoms with Gasteiger partial charge < -0.3 is 19.2 Å². The Balaban J connectivity index is 1.59. The number of rotatable bonds is 3. The molecule has 1 aromatic heterocycles. The van der Waals surface area contributed by atoms with Crippen molar-refractivity contribution in [3.05, 3.63) is 52.8 Å². The standard InChI is InChI=1S/C17H12BrN3O4/c18-13-8-15-14(23-4-5-24-15)7-12(13)16(22)20-11-3-1-2-10(6-11)17-21-19-9-25-17/h1-3,6-9H,4-5H2,(H,20,22). The minimum atomic E-state index is -0.272. The number of fused-ring (bicyclic) bond motifs is 1. The molecule has 25 heavy (non-hydrogen) atoms. The van der Waals surface area contributed by atoms with Crippen molar-refractivity contribution in [1.82, 2.24) is 10.2 Å². The minimum Gasteiger partial charge on any atom is -0.486 e. The normalized spacial score (nSPS) is 12.7. The molecule has 0 saturated carbocycles. The number of aromatic nitrogens is 2. The Labute approximate surface area is 151 Å². The molecule has 0 aliphatic carbocycles. The number of hydrogen-bond acceptors (Lipinski definition) is 6. The van der Waals surface area contributed by atoms with Crippen LogP contribution in [0.3, 0.4) is 0 Å². The predicted octanol–water partition coefficient (Wildman–Crippen LogP) is 3.52. The third-order valence-corrected chi connectivity index (χ3v) is 4.26. The Hall–Kier alpha value is -2.87. The molecular weight excluding hydrogens is 390 g/mol. The van der Waals surface area contributed by atoms with Crippen molar-refractivity contribution in [3.8, 4) is 23.0 Å². The van der Waals surface area contributed by atoms with Gasteiger partial charge in [0, 0.05) is 15.7 Å². The summed E-state index contributed by atoms with van der Waals surface area (Å²) in [6.45, 7) is 0.954. The fourth-order valence-corrected chi connectivity index (χ4v) is 2.97. The molecule has 126 valence electrons.